The molecule has 1 atom stereocenters. The summed E-state index contributed by atoms with van der Waals surface area (Å²) in [5.41, 5.74) is 0.0862. The second-order valence-corrected chi connectivity index (χ2v) is 6.92. The lowest BCUT2D eigenvalue weighted by atomic mass is 10.2. The molecule has 9 heteroatoms. The fraction of sp³-hybridized carbons (Fsp3) is 0.500. The van der Waals surface area contributed by atoms with E-state index in [-0.39, 0.29) is 41.9 Å². The number of carboxylic acid groups (broad SMARTS) is 1. The van der Waals surface area contributed by atoms with Gasteiger partial charge in [0.15, 0.2) is 0 Å². The van der Waals surface area contributed by atoms with Crippen LogP contribution in [0, 0.1) is 0 Å². The summed E-state index contributed by atoms with van der Waals surface area (Å²) in [5.74, 6) is -1.25. The summed E-state index contributed by atoms with van der Waals surface area (Å²) in [6, 6.07) is 3.80. The average molecular weight is 344 g/mol. The summed E-state index contributed by atoms with van der Waals surface area (Å²) in [6.07, 6.45) is 1.56. The third-order valence-electron chi connectivity index (χ3n) is 3.48. The highest BCUT2D eigenvalue weighted by Crippen LogP contribution is 2.21. The maximum absolute atomic E-state index is 12.3. The molecular weight excluding hydrogens is 324 g/mol. The Morgan fingerprint density at radius 3 is 2.78 bits per heavy atom. The van der Waals surface area contributed by atoms with E-state index in [4.69, 9.17) is 9.84 Å². The van der Waals surface area contributed by atoms with Gasteiger partial charge in [0, 0.05) is 25.4 Å². The van der Waals surface area contributed by atoms with Gasteiger partial charge >= 0.3 is 5.97 Å². The Balaban J connectivity index is 2.16. The maximum atomic E-state index is 12.3. The van der Waals surface area contributed by atoms with Crippen molar-refractivity contribution < 1.29 is 28.2 Å². The summed E-state index contributed by atoms with van der Waals surface area (Å²) >= 11 is 0. The molecule has 4 N–H and O–H groups in total. The van der Waals surface area contributed by atoms with Crippen LogP contribution in [0.3, 0.4) is 0 Å². The van der Waals surface area contributed by atoms with Crippen molar-refractivity contribution in [1.29, 1.82) is 0 Å². The van der Waals surface area contributed by atoms with Crippen LogP contribution in [-0.2, 0) is 14.8 Å². The van der Waals surface area contributed by atoms with Gasteiger partial charge in [-0.05, 0) is 31.0 Å². The summed E-state index contributed by atoms with van der Waals surface area (Å²) in [6.45, 7) is 0.793. The number of hydrogen-bond acceptors (Lipinski definition) is 6. The molecule has 0 amide bonds. The Bertz CT molecular complexity index is 655. The molecule has 1 fully saturated rings. The summed E-state index contributed by atoms with van der Waals surface area (Å²) in [4.78, 5) is 11.2. The first kappa shape index (κ1) is 17.7. The zero-order valence-electron chi connectivity index (χ0n) is 12.5. The fourth-order valence-corrected chi connectivity index (χ4v) is 3.40. The molecule has 2 rings (SSSR count). The van der Waals surface area contributed by atoms with E-state index in [9.17, 15) is 18.3 Å². The van der Waals surface area contributed by atoms with E-state index in [1.54, 1.807) is 0 Å². The van der Waals surface area contributed by atoms with Gasteiger partial charge in [-0.15, -0.1) is 0 Å². The minimum absolute atomic E-state index is 0.123. The predicted molar refractivity (Wildman–Crippen MR) is 83.1 cm³/mol. The molecule has 1 heterocycles. The Morgan fingerprint density at radius 2 is 2.17 bits per heavy atom. The molecule has 0 aliphatic carbocycles. The number of aliphatic hydroxyl groups is 1. The zero-order valence-corrected chi connectivity index (χ0v) is 13.3. The molecule has 0 spiro atoms. The first-order valence-corrected chi connectivity index (χ1v) is 8.75. The summed E-state index contributed by atoms with van der Waals surface area (Å²) < 4.78 is 32.3. The number of benzene rings is 1. The molecule has 0 bridgehead atoms. The predicted octanol–water partition coefficient (Wildman–Crippen LogP) is 0.246. The molecule has 1 aromatic carbocycles. The van der Waals surface area contributed by atoms with Crippen LogP contribution in [0.25, 0.3) is 0 Å². The molecule has 0 saturated carbocycles. The second kappa shape index (κ2) is 7.73. The molecule has 128 valence electrons. The normalized spacial score (nSPS) is 18.0. The number of carboxylic acids is 1. The molecule has 1 aliphatic heterocycles. The first-order chi connectivity index (χ1) is 10.9. The van der Waals surface area contributed by atoms with Crippen molar-refractivity contribution in [3.05, 3.63) is 23.8 Å². The Hall–Kier alpha value is -1.68. The molecule has 1 aliphatic rings. The number of sulfonamides is 1. The van der Waals surface area contributed by atoms with Crippen molar-refractivity contribution in [1.82, 2.24) is 4.72 Å². The van der Waals surface area contributed by atoms with Gasteiger partial charge in [-0.1, -0.05) is 0 Å². The number of ether oxygens (including phenoxy) is 1. The quantitative estimate of drug-likeness (QED) is 0.532. The van der Waals surface area contributed by atoms with E-state index >= 15 is 0 Å². The number of anilines is 1. The van der Waals surface area contributed by atoms with Gasteiger partial charge < -0.3 is 20.3 Å². The van der Waals surface area contributed by atoms with Crippen molar-refractivity contribution in [3.63, 3.8) is 0 Å². The highest BCUT2D eigenvalue weighted by atomic mass is 32.2. The molecular formula is C14H20N2O6S. The van der Waals surface area contributed by atoms with Crippen LogP contribution in [0.1, 0.15) is 23.2 Å². The monoisotopic (exact) mass is 344 g/mol. The minimum atomic E-state index is -3.81. The molecule has 23 heavy (non-hydrogen) atoms. The zero-order chi connectivity index (χ0) is 16.9. The molecule has 8 nitrogen and oxygen atoms in total. The smallest absolute Gasteiger partial charge is 0.337 e. The number of rotatable bonds is 8. The van der Waals surface area contributed by atoms with E-state index in [0.29, 0.717) is 6.61 Å². The lowest BCUT2D eigenvalue weighted by Crippen LogP contribution is -2.32. The van der Waals surface area contributed by atoms with Gasteiger partial charge in [0.1, 0.15) is 0 Å². The summed E-state index contributed by atoms with van der Waals surface area (Å²) in [5, 5.41) is 20.7. The Labute approximate surface area is 134 Å². The molecule has 0 aromatic heterocycles. The van der Waals surface area contributed by atoms with Gasteiger partial charge in [-0.25, -0.2) is 17.9 Å². The van der Waals surface area contributed by atoms with Crippen molar-refractivity contribution in [3.8, 4) is 0 Å². The largest absolute Gasteiger partial charge is 0.478 e. The van der Waals surface area contributed by atoms with Crippen LogP contribution in [0.15, 0.2) is 23.1 Å². The number of carbonyl (C=O) groups is 1. The van der Waals surface area contributed by atoms with Crippen molar-refractivity contribution in [2.24, 2.45) is 0 Å². The number of aliphatic hydroxyl groups excluding tert-OH is 1. The van der Waals surface area contributed by atoms with Crippen LogP contribution in [0.2, 0.25) is 0 Å². The van der Waals surface area contributed by atoms with Gasteiger partial charge in [0.05, 0.1) is 23.2 Å². The van der Waals surface area contributed by atoms with E-state index in [1.807, 2.05) is 0 Å². The Kier molecular flexibility index (Phi) is 5.94. The van der Waals surface area contributed by atoms with Gasteiger partial charge in [0.2, 0.25) is 10.0 Å². The number of nitrogens with one attached hydrogen (secondary N) is 2. The highest BCUT2D eigenvalue weighted by molar-refractivity contribution is 7.89. The second-order valence-electron chi connectivity index (χ2n) is 5.15. The standard InChI is InChI=1S/C14H20N2O6S/c17-6-5-15-13-4-3-11(8-12(13)14(18)19)23(20,21)16-9-10-2-1-7-22-10/h3-4,8,10,15-17H,1-2,5-7,9H2,(H,18,19). The van der Waals surface area contributed by atoms with Crippen LogP contribution in [0.5, 0.6) is 0 Å². The SMILES string of the molecule is O=C(O)c1cc(S(=O)(=O)NCC2CCCO2)ccc1NCCO. The van der Waals surface area contributed by atoms with Crippen molar-refractivity contribution >= 4 is 21.7 Å². The van der Waals surface area contributed by atoms with Crippen LogP contribution < -0.4 is 10.0 Å². The molecule has 1 saturated heterocycles. The highest BCUT2D eigenvalue weighted by Gasteiger charge is 2.22. The summed E-state index contributed by atoms with van der Waals surface area (Å²) in [7, 11) is -3.81. The fourth-order valence-electron chi connectivity index (χ4n) is 2.30. The van der Waals surface area contributed by atoms with Gasteiger partial charge in [-0.2, -0.15) is 0 Å². The first-order valence-electron chi connectivity index (χ1n) is 7.27. The third-order valence-corrected chi connectivity index (χ3v) is 4.91. The Morgan fingerprint density at radius 1 is 1.39 bits per heavy atom. The van der Waals surface area contributed by atoms with Crippen molar-refractivity contribution in [2.45, 2.75) is 23.8 Å². The third kappa shape index (κ3) is 4.64. The van der Waals surface area contributed by atoms with E-state index in [0.717, 1.165) is 18.9 Å². The molecule has 0 radical (unpaired) electrons. The molecule has 1 aromatic rings. The molecule has 1 unspecified atom stereocenters. The number of hydrogen-bond donors (Lipinski definition) is 4. The topological polar surface area (TPSA) is 125 Å². The lowest BCUT2D eigenvalue weighted by Gasteiger charge is -2.13. The lowest BCUT2D eigenvalue weighted by molar-refractivity contribution is 0.0697. The van der Waals surface area contributed by atoms with Crippen molar-refractivity contribution in [2.75, 3.05) is 31.6 Å². The van der Waals surface area contributed by atoms with Crippen LogP contribution in [-0.4, -0.2) is 57.0 Å². The van der Waals surface area contributed by atoms with Crippen LogP contribution >= 0.6 is 0 Å². The van der Waals surface area contributed by atoms with Crippen LogP contribution in [0.4, 0.5) is 5.69 Å². The number of aromatic carboxylic acids is 1. The van der Waals surface area contributed by atoms with Gasteiger partial charge in [0.25, 0.3) is 0 Å². The minimum Gasteiger partial charge on any atom is -0.478 e. The van der Waals surface area contributed by atoms with Gasteiger partial charge in [-0.3, -0.25) is 0 Å². The average Bonchev–Trinajstić information content (AvgIpc) is 3.04. The maximum Gasteiger partial charge on any atom is 0.337 e. The van der Waals surface area contributed by atoms with E-state index < -0.39 is 16.0 Å². The van der Waals surface area contributed by atoms with E-state index in [1.165, 1.54) is 12.1 Å². The van der Waals surface area contributed by atoms with E-state index in [2.05, 4.69) is 10.0 Å².